The van der Waals surface area contributed by atoms with Crippen molar-refractivity contribution in [1.29, 1.82) is 10.5 Å². The van der Waals surface area contributed by atoms with Crippen LogP contribution >= 0.6 is 0 Å². The Bertz CT molecular complexity index is 457. The minimum absolute atomic E-state index is 0.0946. The van der Waals surface area contributed by atoms with Crippen molar-refractivity contribution in [3.05, 3.63) is 0 Å². The van der Waals surface area contributed by atoms with Crippen molar-refractivity contribution in [2.45, 2.75) is 51.4 Å². The van der Waals surface area contributed by atoms with Gasteiger partial charge in [0.25, 0.3) is 0 Å². The Labute approximate surface area is 139 Å². The van der Waals surface area contributed by atoms with Gasteiger partial charge < -0.3 is 9.80 Å². The summed E-state index contributed by atoms with van der Waals surface area (Å²) in [5.41, 5.74) is 0. The van der Waals surface area contributed by atoms with Crippen LogP contribution in [0, 0.1) is 34.5 Å². The summed E-state index contributed by atoms with van der Waals surface area (Å²) >= 11 is 0. The van der Waals surface area contributed by atoms with E-state index in [4.69, 9.17) is 5.26 Å². The third kappa shape index (κ3) is 5.52. The zero-order valence-corrected chi connectivity index (χ0v) is 14.0. The fourth-order valence-electron chi connectivity index (χ4n) is 3.72. The molecule has 0 aliphatic carbocycles. The minimum atomic E-state index is -0.0957. The van der Waals surface area contributed by atoms with Crippen LogP contribution in [0.2, 0.25) is 0 Å². The van der Waals surface area contributed by atoms with Gasteiger partial charge in [0.05, 0.1) is 24.0 Å². The van der Waals surface area contributed by atoms with E-state index in [1.54, 1.807) is 0 Å². The van der Waals surface area contributed by atoms with Crippen LogP contribution in [0.4, 0.5) is 0 Å². The van der Waals surface area contributed by atoms with Gasteiger partial charge >= 0.3 is 0 Å². The Kier molecular flexibility index (Phi) is 7.36. The van der Waals surface area contributed by atoms with Gasteiger partial charge in [0.1, 0.15) is 0 Å². The molecule has 2 saturated heterocycles. The van der Waals surface area contributed by atoms with Crippen molar-refractivity contribution < 1.29 is 4.79 Å². The molecule has 0 radical (unpaired) electrons. The Morgan fingerprint density at radius 1 is 1.09 bits per heavy atom. The third-order valence-corrected chi connectivity index (χ3v) is 5.04. The maximum Gasteiger partial charge on any atom is 0.226 e. The van der Waals surface area contributed by atoms with Crippen molar-refractivity contribution >= 4 is 5.91 Å². The molecule has 1 amide bonds. The fourth-order valence-corrected chi connectivity index (χ4v) is 3.72. The lowest BCUT2D eigenvalue weighted by molar-refractivity contribution is -0.137. The molecule has 0 N–H and O–H groups in total. The van der Waals surface area contributed by atoms with Gasteiger partial charge in [-0.3, -0.25) is 4.79 Å². The van der Waals surface area contributed by atoms with E-state index in [-0.39, 0.29) is 11.8 Å². The standard InChI is InChI=1S/C18H28N4O/c19-9-5-7-16(13-20)14-21-10-6-8-17(15-21)18(23)22-11-3-1-2-4-12-22/h16-17H,1-8,10-12,14-15H2/t16-,17-/m0/s1. The number of hydrogen-bond acceptors (Lipinski definition) is 4. The average Bonchev–Trinajstić information content (AvgIpc) is 2.87. The van der Waals surface area contributed by atoms with E-state index >= 15 is 0 Å². The molecule has 2 aliphatic heterocycles. The molecule has 0 aromatic heterocycles. The molecule has 2 heterocycles. The fraction of sp³-hybridized carbons (Fsp3) is 0.833. The molecule has 23 heavy (non-hydrogen) atoms. The van der Waals surface area contributed by atoms with Crippen LogP contribution in [0.25, 0.3) is 0 Å². The normalized spacial score (nSPS) is 24.3. The van der Waals surface area contributed by atoms with Crippen molar-refractivity contribution in [3.63, 3.8) is 0 Å². The van der Waals surface area contributed by atoms with Gasteiger partial charge in [-0.1, -0.05) is 12.8 Å². The molecule has 2 fully saturated rings. The van der Waals surface area contributed by atoms with Crippen LogP contribution in [0.3, 0.4) is 0 Å². The van der Waals surface area contributed by atoms with Gasteiger partial charge in [-0.25, -0.2) is 0 Å². The molecule has 5 heteroatoms. The summed E-state index contributed by atoms with van der Waals surface area (Å²) in [6, 6.07) is 4.43. The average molecular weight is 316 g/mol. The quantitative estimate of drug-likeness (QED) is 0.781. The summed E-state index contributed by atoms with van der Waals surface area (Å²) in [7, 11) is 0. The summed E-state index contributed by atoms with van der Waals surface area (Å²) in [4.78, 5) is 17.1. The van der Waals surface area contributed by atoms with E-state index in [2.05, 4.69) is 21.9 Å². The van der Waals surface area contributed by atoms with Crippen LogP contribution in [0.5, 0.6) is 0 Å². The summed E-state index contributed by atoms with van der Waals surface area (Å²) in [5, 5.41) is 17.9. The SMILES string of the molecule is N#CCC[C@@H](C#N)CN1CCC[C@H](C(=O)N2CCCCCC2)C1. The summed E-state index contributed by atoms with van der Waals surface area (Å²) in [6.45, 7) is 4.27. The van der Waals surface area contributed by atoms with E-state index < -0.39 is 0 Å². The van der Waals surface area contributed by atoms with Gasteiger partial charge in [-0.15, -0.1) is 0 Å². The monoisotopic (exact) mass is 316 g/mol. The predicted molar refractivity (Wildman–Crippen MR) is 88.2 cm³/mol. The van der Waals surface area contributed by atoms with Crippen LogP contribution in [-0.4, -0.2) is 48.4 Å². The topological polar surface area (TPSA) is 71.1 Å². The lowest BCUT2D eigenvalue weighted by atomic mass is 9.94. The number of nitriles is 2. The molecule has 0 saturated carbocycles. The first-order valence-corrected chi connectivity index (χ1v) is 9.02. The first-order valence-electron chi connectivity index (χ1n) is 9.02. The molecule has 5 nitrogen and oxygen atoms in total. The highest BCUT2D eigenvalue weighted by Gasteiger charge is 2.30. The van der Waals surface area contributed by atoms with Crippen LogP contribution in [0.15, 0.2) is 0 Å². The van der Waals surface area contributed by atoms with Gasteiger partial charge in [0.15, 0.2) is 0 Å². The van der Waals surface area contributed by atoms with E-state index in [1.807, 2.05) is 0 Å². The smallest absolute Gasteiger partial charge is 0.226 e. The lowest BCUT2D eigenvalue weighted by Gasteiger charge is -2.35. The van der Waals surface area contributed by atoms with Crippen molar-refractivity contribution in [2.75, 3.05) is 32.7 Å². The molecule has 0 aromatic carbocycles. The Morgan fingerprint density at radius 2 is 1.83 bits per heavy atom. The van der Waals surface area contributed by atoms with Crippen molar-refractivity contribution in [3.8, 4) is 12.1 Å². The number of likely N-dealkylation sites (tertiary alicyclic amines) is 2. The zero-order valence-electron chi connectivity index (χ0n) is 14.0. The molecule has 0 aromatic rings. The van der Waals surface area contributed by atoms with Crippen LogP contribution in [-0.2, 0) is 4.79 Å². The number of nitrogens with zero attached hydrogens (tertiary/aromatic N) is 4. The lowest BCUT2D eigenvalue weighted by Crippen LogP contribution is -2.46. The number of carbonyl (C=O) groups is 1. The highest BCUT2D eigenvalue weighted by molar-refractivity contribution is 5.79. The van der Waals surface area contributed by atoms with E-state index in [0.717, 1.165) is 51.9 Å². The summed E-state index contributed by atoms with van der Waals surface area (Å²) in [5.74, 6) is 0.320. The molecule has 126 valence electrons. The molecule has 2 aliphatic rings. The van der Waals surface area contributed by atoms with Crippen LogP contribution < -0.4 is 0 Å². The Morgan fingerprint density at radius 3 is 2.48 bits per heavy atom. The third-order valence-electron chi connectivity index (χ3n) is 5.04. The maximum atomic E-state index is 12.8. The van der Waals surface area contributed by atoms with Gasteiger partial charge in [-0.05, 0) is 38.6 Å². The van der Waals surface area contributed by atoms with E-state index in [9.17, 15) is 10.1 Å². The molecule has 0 spiro atoms. The van der Waals surface area contributed by atoms with Gasteiger partial charge in [0, 0.05) is 32.6 Å². The highest BCUT2D eigenvalue weighted by atomic mass is 16.2. The summed E-state index contributed by atoms with van der Waals surface area (Å²) in [6.07, 6.45) is 7.81. The van der Waals surface area contributed by atoms with Gasteiger partial charge in [-0.2, -0.15) is 10.5 Å². The second kappa shape index (κ2) is 9.53. The predicted octanol–water partition coefficient (Wildman–Crippen LogP) is 2.54. The largest absolute Gasteiger partial charge is 0.342 e. The first kappa shape index (κ1) is 17.8. The number of carbonyl (C=O) groups excluding carboxylic acids is 1. The number of rotatable bonds is 5. The Hall–Kier alpha value is -1.59. The number of piperidine rings is 1. The molecular weight excluding hydrogens is 288 g/mol. The molecule has 0 unspecified atom stereocenters. The maximum absolute atomic E-state index is 12.8. The zero-order chi connectivity index (χ0) is 16.5. The van der Waals surface area contributed by atoms with Crippen molar-refractivity contribution in [1.82, 2.24) is 9.80 Å². The summed E-state index contributed by atoms with van der Waals surface area (Å²) < 4.78 is 0. The van der Waals surface area contributed by atoms with E-state index in [1.165, 1.54) is 12.8 Å². The van der Waals surface area contributed by atoms with Crippen molar-refractivity contribution in [2.24, 2.45) is 11.8 Å². The second-order valence-electron chi connectivity index (χ2n) is 6.86. The molecule has 0 bridgehead atoms. The molecular formula is C18H28N4O. The van der Waals surface area contributed by atoms with Crippen LogP contribution in [0.1, 0.15) is 51.4 Å². The van der Waals surface area contributed by atoms with Gasteiger partial charge in [0.2, 0.25) is 5.91 Å². The number of hydrogen-bond donors (Lipinski definition) is 0. The highest BCUT2D eigenvalue weighted by Crippen LogP contribution is 2.22. The molecule has 2 rings (SSSR count). The van der Waals surface area contributed by atoms with E-state index in [0.29, 0.717) is 25.3 Å². The second-order valence-corrected chi connectivity index (χ2v) is 6.86. The minimum Gasteiger partial charge on any atom is -0.342 e. The number of amides is 1. The molecule has 2 atom stereocenters. The Balaban J connectivity index is 1.85. The first-order chi connectivity index (χ1) is 11.2.